The van der Waals surface area contributed by atoms with E-state index < -0.39 is 17.7 Å². The molecule has 1 N–H and O–H groups in total. The lowest BCUT2D eigenvalue weighted by Gasteiger charge is -2.10. The van der Waals surface area contributed by atoms with Gasteiger partial charge in [0.25, 0.3) is 0 Å². The maximum atomic E-state index is 13.2. The van der Waals surface area contributed by atoms with Crippen LogP contribution in [0.1, 0.15) is 11.7 Å². The van der Waals surface area contributed by atoms with Gasteiger partial charge in [0.2, 0.25) is 0 Å². The fourth-order valence-corrected chi connectivity index (χ4v) is 3.04. The summed E-state index contributed by atoms with van der Waals surface area (Å²) < 4.78 is 28.0. The normalized spacial score (nSPS) is 12.3. The molecule has 0 saturated heterocycles. The molecule has 0 saturated carbocycles. The quantitative estimate of drug-likeness (QED) is 0.718. The predicted octanol–water partition coefficient (Wildman–Crippen LogP) is 2.98. The number of benzene rings is 1. The minimum Gasteiger partial charge on any atom is -0.388 e. The van der Waals surface area contributed by atoms with Crippen molar-refractivity contribution in [1.82, 2.24) is 19.7 Å². The van der Waals surface area contributed by atoms with Gasteiger partial charge in [0.05, 0.1) is 6.10 Å². The summed E-state index contributed by atoms with van der Waals surface area (Å²) in [7, 11) is 1.82. The smallest absolute Gasteiger partial charge is 0.191 e. The zero-order chi connectivity index (χ0) is 17.1. The number of rotatable bonds is 5. The second-order valence-electron chi connectivity index (χ2n) is 5.10. The Morgan fingerprint density at radius 1 is 1.12 bits per heavy atom. The number of halogens is 2. The van der Waals surface area contributed by atoms with Gasteiger partial charge in [-0.25, -0.2) is 8.78 Å². The van der Waals surface area contributed by atoms with Crippen LogP contribution in [0.4, 0.5) is 8.78 Å². The van der Waals surface area contributed by atoms with E-state index in [9.17, 15) is 13.9 Å². The maximum absolute atomic E-state index is 13.2. The Kier molecular flexibility index (Phi) is 4.86. The Morgan fingerprint density at radius 3 is 2.58 bits per heavy atom. The minimum atomic E-state index is -0.977. The van der Waals surface area contributed by atoms with Crippen LogP contribution in [0.5, 0.6) is 0 Å². The number of hydrogen-bond donors (Lipinski definition) is 1. The average molecular weight is 348 g/mol. The molecule has 1 atom stereocenters. The lowest BCUT2D eigenvalue weighted by molar-refractivity contribution is 0.203. The highest BCUT2D eigenvalue weighted by Crippen LogP contribution is 2.26. The van der Waals surface area contributed by atoms with Crippen LogP contribution >= 0.6 is 11.8 Å². The van der Waals surface area contributed by atoms with Crippen molar-refractivity contribution in [2.24, 2.45) is 7.05 Å². The molecule has 0 amide bonds. The molecule has 5 nitrogen and oxygen atoms in total. The van der Waals surface area contributed by atoms with Crippen LogP contribution in [-0.4, -0.2) is 30.6 Å². The molecule has 1 unspecified atom stereocenters. The lowest BCUT2D eigenvalue weighted by Crippen LogP contribution is -2.03. The summed E-state index contributed by atoms with van der Waals surface area (Å²) in [4.78, 5) is 3.96. The molecule has 3 aromatic rings. The molecule has 0 aliphatic heterocycles. The molecule has 3 rings (SSSR count). The van der Waals surface area contributed by atoms with E-state index >= 15 is 0 Å². The van der Waals surface area contributed by atoms with Gasteiger partial charge in [0.1, 0.15) is 0 Å². The van der Waals surface area contributed by atoms with Crippen molar-refractivity contribution < 1.29 is 13.9 Å². The average Bonchev–Trinajstić information content (AvgIpc) is 2.96. The largest absolute Gasteiger partial charge is 0.388 e. The minimum absolute atomic E-state index is 0.243. The second kappa shape index (κ2) is 7.06. The summed E-state index contributed by atoms with van der Waals surface area (Å²) >= 11 is 1.28. The van der Waals surface area contributed by atoms with E-state index in [4.69, 9.17) is 0 Å². The number of aliphatic hydroxyl groups is 1. The summed E-state index contributed by atoms with van der Waals surface area (Å²) in [5.41, 5.74) is 1.20. The number of hydrogen-bond acceptors (Lipinski definition) is 5. The fraction of sp³-hybridized carbons (Fsp3) is 0.188. The van der Waals surface area contributed by atoms with E-state index in [0.717, 1.165) is 17.7 Å². The van der Waals surface area contributed by atoms with Gasteiger partial charge in [-0.2, -0.15) is 0 Å². The van der Waals surface area contributed by atoms with Crippen LogP contribution < -0.4 is 0 Å². The van der Waals surface area contributed by atoms with Gasteiger partial charge in [-0.15, -0.1) is 10.2 Å². The highest BCUT2D eigenvalue weighted by molar-refractivity contribution is 7.99. The number of aliphatic hydroxyl groups excluding tert-OH is 1. The summed E-state index contributed by atoms with van der Waals surface area (Å²) in [6, 6.07) is 7.02. The first kappa shape index (κ1) is 16.5. The van der Waals surface area contributed by atoms with Gasteiger partial charge in [-0.3, -0.25) is 4.98 Å². The first-order valence-electron chi connectivity index (χ1n) is 7.12. The van der Waals surface area contributed by atoms with Crippen molar-refractivity contribution >= 4 is 11.8 Å². The van der Waals surface area contributed by atoms with Crippen LogP contribution in [0.3, 0.4) is 0 Å². The Morgan fingerprint density at radius 2 is 1.88 bits per heavy atom. The Balaban J connectivity index is 1.71. The van der Waals surface area contributed by atoms with E-state index in [-0.39, 0.29) is 5.75 Å². The zero-order valence-electron chi connectivity index (χ0n) is 12.7. The lowest BCUT2D eigenvalue weighted by atomic mass is 10.1. The van der Waals surface area contributed by atoms with E-state index in [1.165, 1.54) is 17.8 Å². The second-order valence-corrected chi connectivity index (χ2v) is 6.09. The number of pyridine rings is 1. The Labute approximate surface area is 141 Å². The van der Waals surface area contributed by atoms with E-state index in [1.807, 2.05) is 19.2 Å². The van der Waals surface area contributed by atoms with Crippen molar-refractivity contribution in [1.29, 1.82) is 0 Å². The van der Waals surface area contributed by atoms with E-state index in [1.54, 1.807) is 17.0 Å². The Bertz CT molecular complexity index is 841. The molecule has 24 heavy (non-hydrogen) atoms. The SMILES string of the molecule is Cn1c(SCC(O)c2ccc(F)c(F)c2)nnc1-c1ccncc1. The zero-order valence-corrected chi connectivity index (χ0v) is 13.5. The van der Waals surface area contributed by atoms with Gasteiger partial charge in [0, 0.05) is 30.8 Å². The van der Waals surface area contributed by atoms with Crippen molar-refractivity contribution in [3.05, 3.63) is 59.9 Å². The predicted molar refractivity (Wildman–Crippen MR) is 86.3 cm³/mol. The van der Waals surface area contributed by atoms with E-state index in [2.05, 4.69) is 15.2 Å². The summed E-state index contributed by atoms with van der Waals surface area (Å²) in [6.07, 6.45) is 2.40. The van der Waals surface area contributed by atoms with Crippen LogP contribution in [0.2, 0.25) is 0 Å². The van der Waals surface area contributed by atoms with Gasteiger partial charge in [0.15, 0.2) is 22.6 Å². The summed E-state index contributed by atoms with van der Waals surface area (Å²) in [5, 5.41) is 19.0. The van der Waals surface area contributed by atoms with Gasteiger partial charge < -0.3 is 9.67 Å². The molecule has 1 aromatic carbocycles. The highest BCUT2D eigenvalue weighted by atomic mass is 32.2. The molecule has 0 spiro atoms. The maximum Gasteiger partial charge on any atom is 0.191 e. The van der Waals surface area contributed by atoms with Crippen LogP contribution in [0.15, 0.2) is 47.9 Å². The van der Waals surface area contributed by atoms with Crippen molar-refractivity contribution in [2.75, 3.05) is 5.75 Å². The van der Waals surface area contributed by atoms with E-state index in [0.29, 0.717) is 16.5 Å². The first-order chi connectivity index (χ1) is 11.6. The standard InChI is InChI=1S/C16H14F2N4OS/c1-22-15(10-4-6-19-7-5-10)20-21-16(22)24-9-14(23)11-2-3-12(17)13(18)8-11/h2-8,14,23H,9H2,1H3. The third-order valence-corrected chi connectivity index (χ3v) is 4.57. The number of thioether (sulfide) groups is 1. The van der Waals surface area contributed by atoms with Crippen LogP contribution in [0, 0.1) is 11.6 Å². The molecule has 8 heteroatoms. The van der Waals surface area contributed by atoms with Gasteiger partial charge >= 0.3 is 0 Å². The summed E-state index contributed by atoms with van der Waals surface area (Å²) in [6.45, 7) is 0. The van der Waals surface area contributed by atoms with Gasteiger partial charge in [-0.05, 0) is 29.8 Å². The molecule has 124 valence electrons. The molecular formula is C16H14F2N4OS. The van der Waals surface area contributed by atoms with Crippen molar-refractivity contribution in [3.63, 3.8) is 0 Å². The molecule has 0 fully saturated rings. The van der Waals surface area contributed by atoms with Crippen LogP contribution in [0.25, 0.3) is 11.4 Å². The van der Waals surface area contributed by atoms with Gasteiger partial charge in [-0.1, -0.05) is 17.8 Å². The monoisotopic (exact) mass is 348 g/mol. The fourth-order valence-electron chi connectivity index (χ4n) is 2.16. The number of nitrogens with zero attached hydrogens (tertiary/aromatic N) is 4. The van der Waals surface area contributed by atoms with Crippen molar-refractivity contribution in [2.45, 2.75) is 11.3 Å². The molecule has 0 aliphatic rings. The number of aromatic nitrogens is 4. The summed E-state index contributed by atoms with van der Waals surface area (Å²) in [5.74, 6) is -0.987. The highest BCUT2D eigenvalue weighted by Gasteiger charge is 2.15. The van der Waals surface area contributed by atoms with Crippen LogP contribution in [-0.2, 0) is 7.05 Å². The molecule has 2 aromatic heterocycles. The molecule has 0 radical (unpaired) electrons. The topological polar surface area (TPSA) is 63.8 Å². The molecular weight excluding hydrogens is 334 g/mol. The Hall–Kier alpha value is -2.32. The van der Waals surface area contributed by atoms with Crippen molar-refractivity contribution in [3.8, 4) is 11.4 Å². The molecule has 2 heterocycles. The third-order valence-electron chi connectivity index (χ3n) is 3.47. The first-order valence-corrected chi connectivity index (χ1v) is 8.10. The molecule has 0 aliphatic carbocycles. The third kappa shape index (κ3) is 3.44. The molecule has 0 bridgehead atoms.